The third-order valence-electron chi connectivity index (χ3n) is 4.06. The molecule has 5 heteroatoms. The Kier molecular flexibility index (Phi) is 3.38. The van der Waals surface area contributed by atoms with E-state index < -0.39 is 5.91 Å². The highest BCUT2D eigenvalue weighted by atomic mass is 19.1. The first-order valence-corrected chi connectivity index (χ1v) is 7.03. The lowest BCUT2D eigenvalue weighted by Gasteiger charge is -2.08. The second kappa shape index (κ2) is 5.25. The van der Waals surface area contributed by atoms with Gasteiger partial charge in [-0.25, -0.2) is 4.39 Å². The summed E-state index contributed by atoms with van der Waals surface area (Å²) in [6.07, 6.45) is 0. The van der Waals surface area contributed by atoms with Gasteiger partial charge in [0.2, 0.25) is 0 Å². The molecule has 114 valence electrons. The predicted octanol–water partition coefficient (Wildman–Crippen LogP) is 3.26. The van der Waals surface area contributed by atoms with Crippen molar-refractivity contribution in [3.63, 3.8) is 0 Å². The first-order valence-electron chi connectivity index (χ1n) is 7.03. The van der Waals surface area contributed by atoms with E-state index in [1.165, 1.54) is 12.1 Å². The number of fused-ring (bicyclic) bond motifs is 1. The number of nitrogens with two attached hydrogens (primary N) is 1. The van der Waals surface area contributed by atoms with Crippen LogP contribution < -0.4 is 5.73 Å². The number of carbonyl (C=O) groups excluding carboxylic acids is 1. The fourth-order valence-corrected chi connectivity index (χ4v) is 3.04. The molecular formula is C18H14FN3O. The zero-order valence-electron chi connectivity index (χ0n) is 12.7. The highest BCUT2D eigenvalue weighted by molar-refractivity contribution is 6.05. The molecule has 1 amide bonds. The lowest BCUT2D eigenvalue weighted by molar-refractivity contribution is 0.0992. The number of hydrogen-bond donors (Lipinski definition) is 1. The average Bonchev–Trinajstić information content (AvgIpc) is 2.78. The van der Waals surface area contributed by atoms with Crippen molar-refractivity contribution >= 4 is 16.8 Å². The number of hydrogen-bond acceptors (Lipinski definition) is 2. The number of nitrogens with zero attached hydrogens (tertiary/aromatic N) is 2. The Balaban J connectivity index is 2.45. The van der Waals surface area contributed by atoms with Gasteiger partial charge in [-0.15, -0.1) is 0 Å². The van der Waals surface area contributed by atoms with E-state index in [1.807, 2.05) is 0 Å². The molecule has 0 fully saturated rings. The van der Waals surface area contributed by atoms with Gasteiger partial charge >= 0.3 is 0 Å². The topological polar surface area (TPSA) is 71.8 Å². The summed E-state index contributed by atoms with van der Waals surface area (Å²) in [5.41, 5.74) is 9.41. The van der Waals surface area contributed by atoms with Crippen LogP contribution in [0.3, 0.4) is 0 Å². The standard InChI is InChI=1S/C18H14FN3O/c1-10-14-7-11(9-20)8-15(12-3-5-13(19)6-4-12)17(14)22(2)16(10)18(21)23/h3-8H,1-2H3,(H2,21,23). The van der Waals surface area contributed by atoms with Gasteiger partial charge < -0.3 is 10.3 Å². The van der Waals surface area contributed by atoms with E-state index in [1.54, 1.807) is 42.8 Å². The smallest absolute Gasteiger partial charge is 0.265 e. The van der Waals surface area contributed by atoms with Crippen LogP contribution in [0.25, 0.3) is 22.0 Å². The molecule has 0 aliphatic carbocycles. The number of aromatic nitrogens is 1. The summed E-state index contributed by atoms with van der Waals surface area (Å²) < 4.78 is 14.9. The number of halogens is 1. The number of aryl methyl sites for hydroxylation is 2. The first-order chi connectivity index (χ1) is 10.9. The summed E-state index contributed by atoms with van der Waals surface area (Å²) in [5, 5.41) is 10.1. The van der Waals surface area contributed by atoms with Crippen molar-refractivity contribution in [2.75, 3.05) is 0 Å². The van der Waals surface area contributed by atoms with E-state index in [4.69, 9.17) is 5.73 Å². The summed E-state index contributed by atoms with van der Waals surface area (Å²) in [6, 6.07) is 11.6. The van der Waals surface area contributed by atoms with Gasteiger partial charge in [-0.2, -0.15) is 5.26 Å². The molecule has 0 bridgehead atoms. The fraction of sp³-hybridized carbons (Fsp3) is 0.111. The summed E-state index contributed by atoms with van der Waals surface area (Å²) in [7, 11) is 1.76. The molecule has 0 atom stereocenters. The minimum Gasteiger partial charge on any atom is -0.364 e. The van der Waals surface area contributed by atoms with Crippen molar-refractivity contribution in [1.29, 1.82) is 5.26 Å². The molecule has 4 nitrogen and oxygen atoms in total. The Morgan fingerprint density at radius 1 is 1.26 bits per heavy atom. The lowest BCUT2D eigenvalue weighted by atomic mass is 9.99. The van der Waals surface area contributed by atoms with Crippen molar-refractivity contribution in [2.24, 2.45) is 12.8 Å². The number of rotatable bonds is 2. The third kappa shape index (κ3) is 2.25. The van der Waals surface area contributed by atoms with Crippen LogP contribution in [0.5, 0.6) is 0 Å². The van der Waals surface area contributed by atoms with Gasteiger partial charge in [-0.05, 0) is 42.3 Å². The van der Waals surface area contributed by atoms with Crippen LogP contribution in [0, 0.1) is 24.1 Å². The van der Waals surface area contributed by atoms with E-state index in [-0.39, 0.29) is 5.82 Å². The van der Waals surface area contributed by atoms with Gasteiger partial charge in [0.1, 0.15) is 11.5 Å². The number of nitriles is 1. The number of primary amides is 1. The van der Waals surface area contributed by atoms with Gasteiger partial charge in [0.25, 0.3) is 5.91 Å². The second-order valence-electron chi connectivity index (χ2n) is 5.44. The molecule has 3 aromatic rings. The van der Waals surface area contributed by atoms with E-state index in [9.17, 15) is 14.4 Å². The van der Waals surface area contributed by atoms with Crippen LogP contribution >= 0.6 is 0 Å². The van der Waals surface area contributed by atoms with E-state index >= 15 is 0 Å². The molecule has 3 rings (SSSR count). The molecule has 0 saturated heterocycles. The molecule has 0 aliphatic heterocycles. The summed E-state index contributed by atoms with van der Waals surface area (Å²) in [5.74, 6) is -0.855. The quantitative estimate of drug-likeness (QED) is 0.789. The minimum atomic E-state index is -0.523. The van der Waals surface area contributed by atoms with Crippen LogP contribution in [0.4, 0.5) is 4.39 Å². The molecule has 2 N–H and O–H groups in total. The van der Waals surface area contributed by atoms with Crippen molar-refractivity contribution < 1.29 is 9.18 Å². The molecule has 23 heavy (non-hydrogen) atoms. The van der Waals surface area contributed by atoms with Gasteiger partial charge in [-0.3, -0.25) is 4.79 Å². The van der Waals surface area contributed by atoms with Crippen LogP contribution in [0.1, 0.15) is 21.6 Å². The molecule has 1 aromatic heterocycles. The van der Waals surface area contributed by atoms with E-state index in [2.05, 4.69) is 6.07 Å². The van der Waals surface area contributed by atoms with Crippen molar-refractivity contribution in [2.45, 2.75) is 6.92 Å². The van der Waals surface area contributed by atoms with E-state index in [0.29, 0.717) is 11.3 Å². The predicted molar refractivity (Wildman–Crippen MR) is 86.3 cm³/mol. The molecule has 1 heterocycles. The highest BCUT2D eigenvalue weighted by Gasteiger charge is 2.20. The first kappa shape index (κ1) is 14.8. The van der Waals surface area contributed by atoms with Crippen LogP contribution in [0.15, 0.2) is 36.4 Å². The lowest BCUT2D eigenvalue weighted by Crippen LogP contribution is -2.16. The Morgan fingerprint density at radius 2 is 1.91 bits per heavy atom. The van der Waals surface area contributed by atoms with Gasteiger partial charge in [0, 0.05) is 18.0 Å². The van der Waals surface area contributed by atoms with Crippen molar-refractivity contribution in [1.82, 2.24) is 4.57 Å². The van der Waals surface area contributed by atoms with Gasteiger partial charge in [-0.1, -0.05) is 12.1 Å². The number of amides is 1. The molecule has 0 saturated carbocycles. The van der Waals surface area contributed by atoms with Crippen molar-refractivity contribution in [3.8, 4) is 17.2 Å². The highest BCUT2D eigenvalue weighted by Crippen LogP contribution is 2.34. The molecule has 0 unspecified atom stereocenters. The second-order valence-corrected chi connectivity index (χ2v) is 5.44. The molecule has 0 aliphatic rings. The Labute approximate surface area is 132 Å². The van der Waals surface area contributed by atoms with Crippen LogP contribution in [-0.2, 0) is 7.05 Å². The molecule has 0 spiro atoms. The number of benzene rings is 2. The maximum absolute atomic E-state index is 13.2. The largest absolute Gasteiger partial charge is 0.364 e. The number of carbonyl (C=O) groups is 1. The van der Waals surface area contributed by atoms with E-state index in [0.717, 1.165) is 27.6 Å². The third-order valence-corrected chi connectivity index (χ3v) is 4.06. The maximum atomic E-state index is 13.2. The Bertz CT molecular complexity index is 978. The Morgan fingerprint density at radius 3 is 2.48 bits per heavy atom. The SMILES string of the molecule is Cc1c(C(N)=O)n(C)c2c(-c3ccc(F)cc3)cc(C#N)cc12. The fourth-order valence-electron chi connectivity index (χ4n) is 3.04. The zero-order chi connectivity index (χ0) is 16.7. The summed E-state index contributed by atoms with van der Waals surface area (Å²) in [6.45, 7) is 1.80. The monoisotopic (exact) mass is 307 g/mol. The molecule has 0 radical (unpaired) electrons. The van der Waals surface area contributed by atoms with Crippen LogP contribution in [0.2, 0.25) is 0 Å². The van der Waals surface area contributed by atoms with Gasteiger partial charge in [0.05, 0.1) is 17.1 Å². The van der Waals surface area contributed by atoms with Crippen LogP contribution in [-0.4, -0.2) is 10.5 Å². The summed E-state index contributed by atoms with van der Waals surface area (Å²) in [4.78, 5) is 11.7. The van der Waals surface area contributed by atoms with Crippen molar-refractivity contribution in [3.05, 3.63) is 59.0 Å². The van der Waals surface area contributed by atoms with Gasteiger partial charge in [0.15, 0.2) is 0 Å². The minimum absolute atomic E-state index is 0.331. The summed E-state index contributed by atoms with van der Waals surface area (Å²) >= 11 is 0. The molecule has 2 aromatic carbocycles. The Hall–Kier alpha value is -3.13. The normalized spacial score (nSPS) is 10.7. The molecular weight excluding hydrogens is 293 g/mol. The maximum Gasteiger partial charge on any atom is 0.265 e. The zero-order valence-corrected chi connectivity index (χ0v) is 12.7. The average molecular weight is 307 g/mol.